The fourth-order valence-corrected chi connectivity index (χ4v) is 2.44. The maximum Gasteiger partial charge on any atom is 0.0793 e. The molecule has 1 aromatic carbocycles. The van der Waals surface area contributed by atoms with Gasteiger partial charge in [-0.05, 0) is 42.0 Å². The van der Waals surface area contributed by atoms with E-state index in [1.807, 2.05) is 30.3 Å². The molecule has 0 saturated carbocycles. The molecule has 2 rings (SSSR count). The Balaban J connectivity index is 1.93. The van der Waals surface area contributed by atoms with Gasteiger partial charge in [0.15, 0.2) is 0 Å². The van der Waals surface area contributed by atoms with Crippen LogP contribution in [-0.4, -0.2) is 5.11 Å². The van der Waals surface area contributed by atoms with Crippen molar-refractivity contribution in [3.05, 3.63) is 57.2 Å². The highest BCUT2D eigenvalue weighted by atomic mass is 35.5. The molecule has 3 heteroatoms. The van der Waals surface area contributed by atoms with E-state index in [2.05, 4.69) is 11.4 Å². The molecule has 0 spiro atoms. The Hall–Kier alpha value is -0.830. The highest BCUT2D eigenvalue weighted by Crippen LogP contribution is 2.22. The summed E-state index contributed by atoms with van der Waals surface area (Å²) in [6, 6.07) is 11.5. The van der Waals surface area contributed by atoms with E-state index < -0.39 is 6.10 Å². The number of aliphatic hydroxyl groups is 1. The number of aryl methyl sites for hydroxylation is 1. The van der Waals surface area contributed by atoms with Crippen molar-refractivity contribution in [2.45, 2.75) is 18.9 Å². The first-order valence-corrected chi connectivity index (χ1v) is 6.47. The Morgan fingerprint density at radius 3 is 2.56 bits per heavy atom. The fraction of sp³-hybridized carbons (Fsp3) is 0.231. The summed E-state index contributed by atoms with van der Waals surface area (Å²) >= 11 is 7.53. The van der Waals surface area contributed by atoms with E-state index in [0.29, 0.717) is 5.02 Å². The average Bonchev–Trinajstić information content (AvgIpc) is 2.80. The van der Waals surface area contributed by atoms with Gasteiger partial charge in [0.05, 0.1) is 6.10 Å². The summed E-state index contributed by atoms with van der Waals surface area (Å²) in [5.74, 6) is 0. The van der Waals surface area contributed by atoms with Crippen molar-refractivity contribution in [2.75, 3.05) is 0 Å². The van der Waals surface area contributed by atoms with Crippen LogP contribution in [0.5, 0.6) is 0 Å². The van der Waals surface area contributed by atoms with Crippen molar-refractivity contribution in [1.29, 1.82) is 0 Å². The molecule has 2 aromatic rings. The molecule has 0 aliphatic carbocycles. The summed E-state index contributed by atoms with van der Waals surface area (Å²) in [7, 11) is 0. The van der Waals surface area contributed by atoms with Crippen molar-refractivity contribution >= 4 is 22.9 Å². The molecule has 1 atom stereocenters. The minimum Gasteiger partial charge on any atom is -0.388 e. The standard InChI is InChI=1S/C13H13ClOS/c14-11-5-3-10(4-6-11)13(15)8-7-12-2-1-9-16-12/h1-6,9,13,15H,7-8H2. The summed E-state index contributed by atoms with van der Waals surface area (Å²) in [4.78, 5) is 1.31. The zero-order valence-corrected chi connectivity index (χ0v) is 10.3. The van der Waals surface area contributed by atoms with Crippen LogP contribution in [-0.2, 0) is 6.42 Å². The monoisotopic (exact) mass is 252 g/mol. The maximum atomic E-state index is 9.97. The average molecular weight is 253 g/mol. The first kappa shape index (κ1) is 11.6. The number of halogens is 1. The molecule has 0 radical (unpaired) electrons. The van der Waals surface area contributed by atoms with Gasteiger partial charge in [-0.15, -0.1) is 11.3 Å². The molecule has 0 bridgehead atoms. The molecule has 0 amide bonds. The van der Waals surface area contributed by atoms with Crippen LogP contribution in [0.4, 0.5) is 0 Å². The van der Waals surface area contributed by atoms with Crippen LogP contribution in [0, 0.1) is 0 Å². The van der Waals surface area contributed by atoms with E-state index >= 15 is 0 Å². The largest absolute Gasteiger partial charge is 0.388 e. The maximum absolute atomic E-state index is 9.97. The second-order valence-electron chi connectivity index (χ2n) is 3.69. The zero-order valence-electron chi connectivity index (χ0n) is 8.77. The normalized spacial score (nSPS) is 12.6. The first-order valence-electron chi connectivity index (χ1n) is 5.21. The Morgan fingerprint density at radius 1 is 1.19 bits per heavy atom. The minimum absolute atomic E-state index is 0.403. The molecule has 1 aromatic heterocycles. The predicted octanol–water partition coefficient (Wildman–Crippen LogP) is 4.07. The number of benzene rings is 1. The molecule has 0 aliphatic heterocycles. The molecule has 84 valence electrons. The van der Waals surface area contributed by atoms with Gasteiger partial charge in [0.2, 0.25) is 0 Å². The third kappa shape index (κ3) is 3.08. The molecule has 1 heterocycles. The summed E-state index contributed by atoms with van der Waals surface area (Å²) < 4.78 is 0. The second kappa shape index (κ2) is 5.48. The van der Waals surface area contributed by atoms with Crippen LogP contribution in [0.25, 0.3) is 0 Å². The fourth-order valence-electron chi connectivity index (χ4n) is 1.59. The van der Waals surface area contributed by atoms with E-state index in [9.17, 15) is 5.11 Å². The number of hydrogen-bond acceptors (Lipinski definition) is 2. The third-order valence-electron chi connectivity index (χ3n) is 2.50. The number of hydrogen-bond donors (Lipinski definition) is 1. The molecule has 0 saturated heterocycles. The van der Waals surface area contributed by atoms with Crippen LogP contribution in [0.1, 0.15) is 23.0 Å². The molecular weight excluding hydrogens is 240 g/mol. The molecule has 1 N–H and O–H groups in total. The summed E-state index contributed by atoms with van der Waals surface area (Å²) in [5, 5.41) is 12.7. The molecule has 1 unspecified atom stereocenters. The van der Waals surface area contributed by atoms with Crippen LogP contribution in [0.3, 0.4) is 0 Å². The molecule has 0 aliphatic rings. The molecule has 0 fully saturated rings. The van der Waals surface area contributed by atoms with Gasteiger partial charge in [-0.1, -0.05) is 29.8 Å². The van der Waals surface area contributed by atoms with Gasteiger partial charge in [-0.2, -0.15) is 0 Å². The lowest BCUT2D eigenvalue weighted by Crippen LogP contribution is -1.98. The molecule has 1 nitrogen and oxygen atoms in total. The van der Waals surface area contributed by atoms with E-state index in [-0.39, 0.29) is 0 Å². The Morgan fingerprint density at radius 2 is 1.94 bits per heavy atom. The lowest BCUT2D eigenvalue weighted by atomic mass is 10.0. The van der Waals surface area contributed by atoms with Crippen molar-refractivity contribution in [3.8, 4) is 0 Å². The van der Waals surface area contributed by atoms with Gasteiger partial charge in [0.1, 0.15) is 0 Å². The van der Waals surface area contributed by atoms with Gasteiger partial charge >= 0.3 is 0 Å². The van der Waals surface area contributed by atoms with E-state index in [1.165, 1.54) is 4.88 Å². The van der Waals surface area contributed by atoms with Crippen LogP contribution in [0.15, 0.2) is 41.8 Å². The van der Waals surface area contributed by atoms with Crippen molar-refractivity contribution in [3.63, 3.8) is 0 Å². The van der Waals surface area contributed by atoms with Gasteiger partial charge in [0, 0.05) is 9.90 Å². The Labute approximate surface area is 104 Å². The van der Waals surface area contributed by atoms with Gasteiger partial charge < -0.3 is 5.11 Å². The van der Waals surface area contributed by atoms with Crippen LogP contribution >= 0.6 is 22.9 Å². The van der Waals surface area contributed by atoms with E-state index in [4.69, 9.17) is 11.6 Å². The smallest absolute Gasteiger partial charge is 0.0793 e. The van der Waals surface area contributed by atoms with Crippen molar-refractivity contribution in [1.82, 2.24) is 0 Å². The summed E-state index contributed by atoms with van der Waals surface area (Å²) in [5.41, 5.74) is 0.931. The van der Waals surface area contributed by atoms with E-state index in [0.717, 1.165) is 18.4 Å². The number of aliphatic hydroxyl groups excluding tert-OH is 1. The van der Waals surface area contributed by atoms with Gasteiger partial charge in [-0.3, -0.25) is 0 Å². The van der Waals surface area contributed by atoms with Crippen LogP contribution < -0.4 is 0 Å². The SMILES string of the molecule is OC(CCc1cccs1)c1ccc(Cl)cc1. The highest BCUT2D eigenvalue weighted by Gasteiger charge is 2.07. The predicted molar refractivity (Wildman–Crippen MR) is 69.1 cm³/mol. The quantitative estimate of drug-likeness (QED) is 0.870. The van der Waals surface area contributed by atoms with Crippen molar-refractivity contribution in [2.24, 2.45) is 0 Å². The first-order chi connectivity index (χ1) is 7.75. The van der Waals surface area contributed by atoms with Gasteiger partial charge in [0.25, 0.3) is 0 Å². The Bertz CT molecular complexity index is 422. The lowest BCUT2D eigenvalue weighted by Gasteiger charge is -2.10. The Kier molecular flexibility index (Phi) is 3.99. The molecular formula is C13H13ClOS. The number of rotatable bonds is 4. The lowest BCUT2D eigenvalue weighted by molar-refractivity contribution is 0.168. The summed E-state index contributed by atoms with van der Waals surface area (Å²) in [6.07, 6.45) is 1.27. The van der Waals surface area contributed by atoms with Crippen molar-refractivity contribution < 1.29 is 5.11 Å². The highest BCUT2D eigenvalue weighted by molar-refractivity contribution is 7.09. The van der Waals surface area contributed by atoms with E-state index in [1.54, 1.807) is 11.3 Å². The summed E-state index contributed by atoms with van der Waals surface area (Å²) in [6.45, 7) is 0. The zero-order chi connectivity index (χ0) is 11.4. The topological polar surface area (TPSA) is 20.2 Å². The van der Waals surface area contributed by atoms with Crippen LogP contribution in [0.2, 0.25) is 5.02 Å². The number of thiophene rings is 1. The second-order valence-corrected chi connectivity index (χ2v) is 5.15. The third-order valence-corrected chi connectivity index (χ3v) is 3.69. The minimum atomic E-state index is -0.403. The van der Waals surface area contributed by atoms with Gasteiger partial charge in [-0.25, -0.2) is 0 Å². The molecule has 16 heavy (non-hydrogen) atoms.